The van der Waals surface area contributed by atoms with Crippen LogP contribution in [0.2, 0.25) is 0 Å². The van der Waals surface area contributed by atoms with Gasteiger partial charge in [0.25, 0.3) is 0 Å². The van der Waals surface area contributed by atoms with E-state index in [0.717, 1.165) is 5.56 Å². The number of hydrogen-bond donors (Lipinski definition) is 3. The topological polar surface area (TPSA) is 87.7 Å². The lowest BCUT2D eigenvalue weighted by molar-refractivity contribution is 0.192. The number of benzene rings is 1. The number of methoxy groups -OCH3 is 1. The molecule has 7 heteroatoms. The molecule has 0 radical (unpaired) electrons. The third-order valence-corrected chi connectivity index (χ3v) is 4.17. The van der Waals surface area contributed by atoms with Crippen molar-refractivity contribution in [1.82, 2.24) is 10.0 Å². The number of rotatable bonds is 8. The summed E-state index contributed by atoms with van der Waals surface area (Å²) in [6.45, 7) is 4.61. The third-order valence-electron chi connectivity index (χ3n) is 2.71. The van der Waals surface area contributed by atoms with E-state index in [2.05, 4.69) is 10.0 Å². The average molecular weight is 302 g/mol. The number of ether oxygens (including phenoxy) is 1. The monoisotopic (exact) mass is 302 g/mol. The Labute approximate surface area is 120 Å². The van der Waals surface area contributed by atoms with Crippen LogP contribution in [0.3, 0.4) is 0 Å². The molecule has 0 heterocycles. The van der Waals surface area contributed by atoms with Crippen molar-refractivity contribution in [2.24, 2.45) is 0 Å². The molecule has 1 unspecified atom stereocenters. The molecule has 0 saturated carbocycles. The normalized spacial score (nSPS) is 13.2. The van der Waals surface area contributed by atoms with Crippen molar-refractivity contribution in [2.75, 3.05) is 26.7 Å². The summed E-state index contributed by atoms with van der Waals surface area (Å²) >= 11 is 0. The fourth-order valence-electron chi connectivity index (χ4n) is 1.69. The highest BCUT2D eigenvalue weighted by molar-refractivity contribution is 7.89. The van der Waals surface area contributed by atoms with Crippen molar-refractivity contribution < 1.29 is 18.3 Å². The van der Waals surface area contributed by atoms with Gasteiger partial charge < -0.3 is 15.2 Å². The van der Waals surface area contributed by atoms with Gasteiger partial charge in [0, 0.05) is 19.6 Å². The van der Waals surface area contributed by atoms with Gasteiger partial charge in [-0.2, -0.15) is 0 Å². The van der Waals surface area contributed by atoms with Crippen LogP contribution in [0.5, 0.6) is 5.75 Å². The quantitative estimate of drug-likeness (QED) is 0.599. The highest BCUT2D eigenvalue weighted by atomic mass is 32.2. The maximum atomic E-state index is 12.1. The molecule has 6 nitrogen and oxygen atoms in total. The number of hydrogen-bond acceptors (Lipinski definition) is 5. The first-order chi connectivity index (χ1) is 9.36. The second-order valence-electron chi connectivity index (χ2n) is 4.58. The lowest BCUT2D eigenvalue weighted by atomic mass is 10.2. The molecular weight excluding hydrogens is 280 g/mol. The maximum Gasteiger partial charge on any atom is 0.240 e. The summed E-state index contributed by atoms with van der Waals surface area (Å²) in [5.41, 5.74) is 0.766. The van der Waals surface area contributed by atoms with Crippen LogP contribution < -0.4 is 14.8 Å². The van der Waals surface area contributed by atoms with Gasteiger partial charge in [-0.05, 0) is 37.6 Å². The number of aryl methyl sites for hydroxylation is 1. The molecule has 0 aliphatic rings. The van der Waals surface area contributed by atoms with Gasteiger partial charge >= 0.3 is 0 Å². The highest BCUT2D eigenvalue weighted by Gasteiger charge is 2.14. The summed E-state index contributed by atoms with van der Waals surface area (Å²) in [5, 5.41) is 12.0. The summed E-state index contributed by atoms with van der Waals surface area (Å²) in [6, 6.07) is 4.72. The molecule has 1 rings (SSSR count). The van der Waals surface area contributed by atoms with E-state index in [9.17, 15) is 8.42 Å². The molecule has 1 aromatic carbocycles. The fourth-order valence-corrected chi connectivity index (χ4v) is 2.80. The minimum absolute atomic E-state index is 0.214. The number of aliphatic hydroxyl groups excluding tert-OH is 1. The minimum atomic E-state index is -3.52. The maximum absolute atomic E-state index is 12.1. The van der Waals surface area contributed by atoms with E-state index in [1.807, 2.05) is 0 Å². The van der Waals surface area contributed by atoms with Gasteiger partial charge in [-0.3, -0.25) is 0 Å². The van der Waals surface area contributed by atoms with E-state index >= 15 is 0 Å². The molecule has 0 fully saturated rings. The van der Waals surface area contributed by atoms with E-state index in [1.165, 1.54) is 6.07 Å². The first kappa shape index (κ1) is 16.9. The van der Waals surface area contributed by atoms with Crippen molar-refractivity contribution in [1.29, 1.82) is 0 Å². The standard InChI is InChI=1S/C13H22N2O4S/c1-10-8-12(4-5-13(10)19-3)20(17,18)15-7-6-14-9-11(2)16/h4-5,8,11,14-16H,6-7,9H2,1-3H3. The Bertz CT molecular complexity index is 529. The van der Waals surface area contributed by atoms with Crippen molar-refractivity contribution >= 4 is 10.0 Å². The molecule has 3 N–H and O–H groups in total. The second-order valence-corrected chi connectivity index (χ2v) is 6.35. The molecule has 0 saturated heterocycles. The molecule has 0 amide bonds. The summed E-state index contributed by atoms with van der Waals surface area (Å²) in [4.78, 5) is 0.214. The van der Waals surface area contributed by atoms with E-state index in [-0.39, 0.29) is 11.4 Å². The van der Waals surface area contributed by atoms with Crippen LogP contribution in [-0.4, -0.2) is 46.4 Å². The predicted octanol–water partition coefficient (Wildman–Crippen LogP) is 0.252. The minimum Gasteiger partial charge on any atom is -0.496 e. The summed E-state index contributed by atoms with van der Waals surface area (Å²) < 4.78 is 31.7. The molecule has 0 aromatic heterocycles. The lowest BCUT2D eigenvalue weighted by Gasteiger charge is -2.10. The van der Waals surface area contributed by atoms with Crippen molar-refractivity contribution in [3.63, 3.8) is 0 Å². The van der Waals surface area contributed by atoms with Gasteiger partial charge in [0.1, 0.15) is 5.75 Å². The molecular formula is C13H22N2O4S. The van der Waals surface area contributed by atoms with Crippen LogP contribution in [0.25, 0.3) is 0 Å². The van der Waals surface area contributed by atoms with Gasteiger partial charge in [0.15, 0.2) is 0 Å². The van der Waals surface area contributed by atoms with Crippen molar-refractivity contribution in [3.05, 3.63) is 23.8 Å². The lowest BCUT2D eigenvalue weighted by Crippen LogP contribution is -2.34. The summed E-state index contributed by atoms with van der Waals surface area (Å²) in [7, 11) is -1.97. The largest absolute Gasteiger partial charge is 0.496 e. The van der Waals surface area contributed by atoms with Gasteiger partial charge in [0.05, 0.1) is 18.1 Å². The molecule has 20 heavy (non-hydrogen) atoms. The Morgan fingerprint density at radius 1 is 1.35 bits per heavy atom. The van der Waals surface area contributed by atoms with Gasteiger partial charge in [0.2, 0.25) is 10.0 Å². The highest BCUT2D eigenvalue weighted by Crippen LogP contribution is 2.20. The zero-order valence-electron chi connectivity index (χ0n) is 12.0. The van der Waals surface area contributed by atoms with Crippen LogP contribution in [0.4, 0.5) is 0 Å². The number of nitrogens with one attached hydrogen (secondary N) is 2. The van der Waals surface area contributed by atoms with E-state index < -0.39 is 16.1 Å². The Balaban J connectivity index is 2.58. The Hall–Kier alpha value is -1.15. The van der Waals surface area contributed by atoms with Gasteiger partial charge in [-0.1, -0.05) is 0 Å². The first-order valence-electron chi connectivity index (χ1n) is 6.40. The zero-order chi connectivity index (χ0) is 15.2. The number of aliphatic hydroxyl groups is 1. The second kappa shape index (κ2) is 7.58. The average Bonchev–Trinajstić information content (AvgIpc) is 2.37. The Morgan fingerprint density at radius 3 is 2.60 bits per heavy atom. The molecule has 0 aliphatic carbocycles. The predicted molar refractivity (Wildman–Crippen MR) is 77.5 cm³/mol. The van der Waals surface area contributed by atoms with Gasteiger partial charge in [-0.15, -0.1) is 0 Å². The summed E-state index contributed by atoms with van der Waals surface area (Å²) in [6.07, 6.45) is -0.448. The van der Waals surface area contributed by atoms with E-state index in [4.69, 9.17) is 9.84 Å². The zero-order valence-corrected chi connectivity index (χ0v) is 12.8. The Kier molecular flexibility index (Phi) is 6.41. The van der Waals surface area contributed by atoms with Crippen LogP contribution in [0.1, 0.15) is 12.5 Å². The van der Waals surface area contributed by atoms with Crippen molar-refractivity contribution in [2.45, 2.75) is 24.8 Å². The van der Waals surface area contributed by atoms with Gasteiger partial charge in [-0.25, -0.2) is 13.1 Å². The molecule has 114 valence electrons. The van der Waals surface area contributed by atoms with Crippen LogP contribution in [0.15, 0.2) is 23.1 Å². The van der Waals surface area contributed by atoms with Crippen LogP contribution >= 0.6 is 0 Å². The first-order valence-corrected chi connectivity index (χ1v) is 7.88. The molecule has 0 spiro atoms. The smallest absolute Gasteiger partial charge is 0.240 e. The molecule has 1 aromatic rings. The SMILES string of the molecule is COc1ccc(S(=O)(=O)NCCNCC(C)O)cc1C. The van der Waals surface area contributed by atoms with Crippen molar-refractivity contribution in [3.8, 4) is 5.75 Å². The van der Waals surface area contributed by atoms with E-state index in [0.29, 0.717) is 18.8 Å². The van der Waals surface area contributed by atoms with Crippen LogP contribution in [-0.2, 0) is 10.0 Å². The van der Waals surface area contributed by atoms with Crippen LogP contribution in [0, 0.1) is 6.92 Å². The number of sulfonamides is 1. The Morgan fingerprint density at radius 2 is 2.05 bits per heavy atom. The molecule has 1 atom stereocenters. The fraction of sp³-hybridized carbons (Fsp3) is 0.538. The summed E-state index contributed by atoms with van der Waals surface area (Å²) in [5.74, 6) is 0.655. The molecule has 0 aliphatic heterocycles. The molecule has 0 bridgehead atoms. The van der Waals surface area contributed by atoms with E-state index in [1.54, 1.807) is 33.1 Å². The third kappa shape index (κ3) is 5.09.